The van der Waals surface area contributed by atoms with E-state index in [1.165, 1.54) is 68.1 Å². The predicted molar refractivity (Wildman–Crippen MR) is 65.2 cm³/mol. The standard InChI is InChI=1S/C15H20O/c16-14-10-9-13(11-5-1-2-6-11)15(14)12-7-3-4-8-12/h1-10H2. The fourth-order valence-corrected chi connectivity index (χ4v) is 3.58. The Bertz CT molecular complexity index is 368. The van der Waals surface area contributed by atoms with Crippen molar-refractivity contribution in [3.63, 3.8) is 0 Å². The van der Waals surface area contributed by atoms with Gasteiger partial charge in [0, 0.05) is 12.0 Å². The lowest BCUT2D eigenvalue weighted by Crippen LogP contribution is -1.98. The van der Waals surface area contributed by atoms with Gasteiger partial charge in [-0.2, -0.15) is 0 Å². The van der Waals surface area contributed by atoms with E-state index in [-0.39, 0.29) is 0 Å². The topological polar surface area (TPSA) is 17.1 Å². The molecule has 1 nitrogen and oxygen atoms in total. The first-order valence-electron chi connectivity index (χ1n) is 6.83. The van der Waals surface area contributed by atoms with E-state index in [4.69, 9.17) is 0 Å². The van der Waals surface area contributed by atoms with Crippen LogP contribution in [0.4, 0.5) is 0 Å². The van der Waals surface area contributed by atoms with Crippen LogP contribution < -0.4 is 0 Å². The summed E-state index contributed by atoms with van der Waals surface area (Å²) >= 11 is 0. The summed E-state index contributed by atoms with van der Waals surface area (Å²) in [5.41, 5.74) is 5.81. The number of allylic oxidation sites excluding steroid dienone is 4. The molecule has 0 heterocycles. The molecule has 86 valence electrons. The molecular weight excluding hydrogens is 196 g/mol. The molecule has 16 heavy (non-hydrogen) atoms. The van der Waals surface area contributed by atoms with Crippen molar-refractivity contribution in [1.29, 1.82) is 0 Å². The third kappa shape index (κ3) is 1.66. The van der Waals surface area contributed by atoms with Gasteiger partial charge in [-0.1, -0.05) is 11.1 Å². The van der Waals surface area contributed by atoms with Crippen LogP contribution in [0.2, 0.25) is 0 Å². The van der Waals surface area contributed by atoms with Crippen molar-refractivity contribution in [1.82, 2.24) is 0 Å². The van der Waals surface area contributed by atoms with Gasteiger partial charge in [0.2, 0.25) is 0 Å². The van der Waals surface area contributed by atoms with E-state index in [1.807, 2.05) is 0 Å². The molecule has 0 N–H and O–H groups in total. The van der Waals surface area contributed by atoms with Gasteiger partial charge in [-0.3, -0.25) is 4.79 Å². The minimum absolute atomic E-state index is 0.450. The van der Waals surface area contributed by atoms with Crippen molar-refractivity contribution in [2.75, 3.05) is 0 Å². The highest BCUT2D eigenvalue weighted by Crippen LogP contribution is 2.41. The van der Waals surface area contributed by atoms with Gasteiger partial charge in [0.1, 0.15) is 0 Å². The summed E-state index contributed by atoms with van der Waals surface area (Å²) in [4.78, 5) is 12.0. The summed E-state index contributed by atoms with van der Waals surface area (Å²) < 4.78 is 0. The summed E-state index contributed by atoms with van der Waals surface area (Å²) in [6.07, 6.45) is 12.0. The molecule has 3 aliphatic rings. The number of hydrogen-bond acceptors (Lipinski definition) is 1. The monoisotopic (exact) mass is 216 g/mol. The van der Waals surface area contributed by atoms with E-state index in [9.17, 15) is 4.79 Å². The maximum atomic E-state index is 12.0. The van der Waals surface area contributed by atoms with Crippen LogP contribution in [-0.2, 0) is 4.79 Å². The van der Waals surface area contributed by atoms with Gasteiger partial charge in [-0.15, -0.1) is 0 Å². The lowest BCUT2D eigenvalue weighted by Gasteiger charge is -2.08. The Balaban J connectivity index is 2.02. The maximum absolute atomic E-state index is 12.0. The summed E-state index contributed by atoms with van der Waals surface area (Å²) in [6.45, 7) is 0. The van der Waals surface area contributed by atoms with Gasteiger partial charge in [0.05, 0.1) is 0 Å². The normalized spacial score (nSPS) is 26.4. The second-order valence-electron chi connectivity index (χ2n) is 5.40. The Morgan fingerprint density at radius 3 is 1.81 bits per heavy atom. The average molecular weight is 216 g/mol. The number of carbonyl (C=O) groups excluding carboxylic acids is 1. The predicted octanol–water partition coefficient (Wildman–Crippen LogP) is 4.09. The van der Waals surface area contributed by atoms with E-state index in [0.717, 1.165) is 12.8 Å². The Labute approximate surface area is 97.6 Å². The van der Waals surface area contributed by atoms with Crippen LogP contribution in [0.15, 0.2) is 22.3 Å². The molecule has 0 spiro atoms. The van der Waals surface area contributed by atoms with Gasteiger partial charge in [-0.05, 0) is 63.4 Å². The molecule has 0 unspecified atom stereocenters. The molecule has 3 aliphatic carbocycles. The van der Waals surface area contributed by atoms with Gasteiger partial charge in [-0.25, -0.2) is 0 Å². The molecular formula is C15H20O. The van der Waals surface area contributed by atoms with Crippen LogP contribution >= 0.6 is 0 Å². The zero-order chi connectivity index (χ0) is 11.0. The summed E-state index contributed by atoms with van der Waals surface area (Å²) in [7, 11) is 0. The Morgan fingerprint density at radius 1 is 0.625 bits per heavy atom. The van der Waals surface area contributed by atoms with Crippen molar-refractivity contribution >= 4 is 5.78 Å². The summed E-state index contributed by atoms with van der Waals surface area (Å²) in [5, 5.41) is 0. The van der Waals surface area contributed by atoms with Crippen molar-refractivity contribution in [3.05, 3.63) is 22.3 Å². The molecule has 0 radical (unpaired) electrons. The van der Waals surface area contributed by atoms with Crippen molar-refractivity contribution in [2.45, 2.75) is 64.2 Å². The van der Waals surface area contributed by atoms with E-state index in [0.29, 0.717) is 5.78 Å². The molecule has 0 aromatic rings. The zero-order valence-corrected chi connectivity index (χ0v) is 9.98. The van der Waals surface area contributed by atoms with Crippen LogP contribution in [0.5, 0.6) is 0 Å². The van der Waals surface area contributed by atoms with Gasteiger partial charge in [0.15, 0.2) is 5.78 Å². The largest absolute Gasteiger partial charge is 0.294 e. The van der Waals surface area contributed by atoms with Crippen LogP contribution in [0.1, 0.15) is 64.2 Å². The Morgan fingerprint density at radius 2 is 1.19 bits per heavy atom. The van der Waals surface area contributed by atoms with E-state index >= 15 is 0 Å². The first-order valence-corrected chi connectivity index (χ1v) is 6.83. The maximum Gasteiger partial charge on any atom is 0.163 e. The molecule has 0 aromatic carbocycles. The molecule has 0 aromatic heterocycles. The minimum Gasteiger partial charge on any atom is -0.294 e. The molecule has 3 rings (SSSR count). The number of rotatable bonds is 0. The minimum atomic E-state index is 0.450. The highest BCUT2D eigenvalue weighted by molar-refractivity contribution is 6.03. The molecule has 3 saturated carbocycles. The number of ketones is 1. The third-order valence-electron chi connectivity index (χ3n) is 4.38. The smallest absolute Gasteiger partial charge is 0.163 e. The number of carbonyl (C=O) groups is 1. The van der Waals surface area contributed by atoms with Crippen LogP contribution in [-0.4, -0.2) is 5.78 Å². The van der Waals surface area contributed by atoms with Crippen LogP contribution in [0.25, 0.3) is 0 Å². The molecule has 0 saturated heterocycles. The lowest BCUT2D eigenvalue weighted by atomic mass is 9.96. The Kier molecular flexibility index (Phi) is 2.70. The van der Waals surface area contributed by atoms with Gasteiger partial charge in [0.25, 0.3) is 0 Å². The van der Waals surface area contributed by atoms with E-state index in [1.54, 1.807) is 5.57 Å². The van der Waals surface area contributed by atoms with Gasteiger partial charge >= 0.3 is 0 Å². The molecule has 3 fully saturated rings. The lowest BCUT2D eigenvalue weighted by molar-refractivity contribution is -0.114. The summed E-state index contributed by atoms with van der Waals surface area (Å²) in [6, 6.07) is 0. The molecule has 0 atom stereocenters. The van der Waals surface area contributed by atoms with Crippen LogP contribution in [0, 0.1) is 0 Å². The summed E-state index contributed by atoms with van der Waals surface area (Å²) in [5.74, 6) is 0.450. The molecule has 0 aliphatic heterocycles. The zero-order valence-electron chi connectivity index (χ0n) is 9.98. The van der Waals surface area contributed by atoms with E-state index < -0.39 is 0 Å². The first kappa shape index (κ1) is 10.3. The number of hydrogen-bond donors (Lipinski definition) is 0. The second-order valence-corrected chi connectivity index (χ2v) is 5.40. The van der Waals surface area contributed by atoms with E-state index in [2.05, 4.69) is 0 Å². The average Bonchev–Trinajstić information content (AvgIpc) is 2.96. The molecule has 0 amide bonds. The Hall–Kier alpha value is -0.850. The second kappa shape index (κ2) is 4.20. The fraction of sp³-hybridized carbons (Fsp3) is 0.667. The SMILES string of the molecule is O=C1CCC(=C2CCCC2)C1=C1CCCC1. The number of Topliss-reactive ketones (excluding diaryl/α,β-unsaturated/α-hetero) is 1. The van der Waals surface area contributed by atoms with Crippen molar-refractivity contribution in [3.8, 4) is 0 Å². The fourth-order valence-electron chi connectivity index (χ4n) is 3.58. The highest BCUT2D eigenvalue weighted by Gasteiger charge is 2.29. The first-order chi connectivity index (χ1) is 7.86. The van der Waals surface area contributed by atoms with Crippen molar-refractivity contribution < 1.29 is 4.79 Å². The molecule has 1 heteroatoms. The molecule has 0 bridgehead atoms. The third-order valence-corrected chi connectivity index (χ3v) is 4.38. The van der Waals surface area contributed by atoms with Crippen molar-refractivity contribution in [2.24, 2.45) is 0 Å². The van der Waals surface area contributed by atoms with Crippen LogP contribution in [0.3, 0.4) is 0 Å². The highest BCUT2D eigenvalue weighted by atomic mass is 16.1. The van der Waals surface area contributed by atoms with Gasteiger partial charge < -0.3 is 0 Å². The quantitative estimate of drug-likeness (QED) is 0.557.